The fraction of sp³-hybridized carbons (Fsp3) is 0.462. The molecule has 6 heteroatoms. The van der Waals surface area contributed by atoms with E-state index in [1.807, 2.05) is 0 Å². The normalized spacial score (nSPS) is 12.1. The lowest BCUT2D eigenvalue weighted by molar-refractivity contribution is -0.137. The van der Waals surface area contributed by atoms with Crippen molar-refractivity contribution in [1.82, 2.24) is 0 Å². The van der Waals surface area contributed by atoms with E-state index >= 15 is 0 Å². The fourth-order valence-corrected chi connectivity index (χ4v) is 1.47. The highest BCUT2D eigenvalue weighted by Crippen LogP contribution is 2.31. The summed E-state index contributed by atoms with van der Waals surface area (Å²) < 4.78 is 37.4. The number of halogens is 3. The summed E-state index contributed by atoms with van der Waals surface area (Å²) >= 11 is 0. The van der Waals surface area contributed by atoms with Gasteiger partial charge >= 0.3 is 6.18 Å². The quantitative estimate of drug-likeness (QED) is 0.885. The highest BCUT2D eigenvalue weighted by atomic mass is 19.4. The summed E-state index contributed by atoms with van der Waals surface area (Å²) in [5.41, 5.74) is -1.45. The number of nitrogens with zero attached hydrogens (tertiary/aromatic N) is 1. The van der Waals surface area contributed by atoms with Crippen molar-refractivity contribution in [2.75, 3.05) is 11.9 Å². The van der Waals surface area contributed by atoms with E-state index in [1.54, 1.807) is 19.9 Å². The number of anilines is 1. The van der Waals surface area contributed by atoms with Gasteiger partial charge in [-0.25, -0.2) is 0 Å². The van der Waals surface area contributed by atoms with Crippen LogP contribution >= 0.6 is 0 Å². The molecule has 0 saturated carbocycles. The molecule has 1 aromatic rings. The molecule has 1 rings (SSSR count). The Morgan fingerprint density at radius 2 is 1.95 bits per heavy atom. The van der Waals surface area contributed by atoms with E-state index in [0.29, 0.717) is 18.7 Å². The van der Waals surface area contributed by atoms with Crippen LogP contribution in [-0.4, -0.2) is 17.3 Å². The molecule has 0 fully saturated rings. The number of benzene rings is 1. The lowest BCUT2D eigenvalue weighted by atomic mass is 10.1. The first-order valence-electron chi connectivity index (χ1n) is 5.71. The third-order valence-corrected chi connectivity index (χ3v) is 2.52. The Morgan fingerprint density at radius 3 is 2.42 bits per heavy atom. The van der Waals surface area contributed by atoms with Gasteiger partial charge in [-0.15, -0.1) is 0 Å². The number of alkyl halides is 3. The van der Waals surface area contributed by atoms with Gasteiger partial charge in [0.1, 0.15) is 6.07 Å². The molecule has 2 N–H and O–H groups in total. The molecule has 0 aliphatic rings. The summed E-state index contributed by atoms with van der Waals surface area (Å²) in [6.07, 6.45) is -4.05. The highest BCUT2D eigenvalue weighted by molar-refractivity contribution is 5.59. The summed E-state index contributed by atoms with van der Waals surface area (Å²) in [7, 11) is 0. The average Bonchev–Trinajstić information content (AvgIpc) is 2.26. The van der Waals surface area contributed by atoms with E-state index in [1.165, 1.54) is 6.07 Å². The van der Waals surface area contributed by atoms with Crippen LogP contribution in [-0.2, 0) is 6.18 Å². The highest BCUT2D eigenvalue weighted by Gasteiger charge is 2.31. The van der Waals surface area contributed by atoms with Gasteiger partial charge in [0.25, 0.3) is 0 Å². The first kappa shape index (κ1) is 15.3. The zero-order valence-corrected chi connectivity index (χ0v) is 10.7. The number of nitriles is 1. The molecule has 0 saturated heterocycles. The van der Waals surface area contributed by atoms with Crippen molar-refractivity contribution in [3.8, 4) is 6.07 Å². The minimum atomic E-state index is -4.46. The first-order chi connectivity index (χ1) is 8.63. The molecule has 104 valence electrons. The number of aliphatic hydroxyl groups is 1. The monoisotopic (exact) mass is 272 g/mol. The van der Waals surface area contributed by atoms with Gasteiger partial charge in [-0.2, -0.15) is 18.4 Å². The number of hydrogen-bond donors (Lipinski definition) is 2. The van der Waals surface area contributed by atoms with Crippen LogP contribution in [0.25, 0.3) is 0 Å². The summed E-state index contributed by atoms with van der Waals surface area (Å²) in [6, 6.07) is 4.69. The SMILES string of the molecule is CC(C)(O)CCNc1ccc(C(F)(F)F)cc1C#N. The molecule has 0 amide bonds. The second-order valence-electron chi connectivity index (χ2n) is 4.86. The largest absolute Gasteiger partial charge is 0.416 e. The maximum Gasteiger partial charge on any atom is 0.416 e. The van der Waals surface area contributed by atoms with Gasteiger partial charge < -0.3 is 10.4 Å². The van der Waals surface area contributed by atoms with Crippen molar-refractivity contribution >= 4 is 5.69 Å². The van der Waals surface area contributed by atoms with Crippen LogP contribution in [0.3, 0.4) is 0 Å². The van der Waals surface area contributed by atoms with Crippen LogP contribution in [0, 0.1) is 11.3 Å². The molecule has 0 atom stereocenters. The summed E-state index contributed by atoms with van der Waals surface area (Å²) in [4.78, 5) is 0. The minimum absolute atomic E-state index is 0.0643. The van der Waals surface area contributed by atoms with Crippen molar-refractivity contribution < 1.29 is 18.3 Å². The zero-order valence-electron chi connectivity index (χ0n) is 10.7. The summed E-state index contributed by atoms with van der Waals surface area (Å²) in [6.45, 7) is 3.63. The van der Waals surface area contributed by atoms with E-state index in [0.717, 1.165) is 12.1 Å². The average molecular weight is 272 g/mol. The predicted molar refractivity (Wildman–Crippen MR) is 65.6 cm³/mol. The van der Waals surface area contributed by atoms with Gasteiger partial charge in [0.05, 0.1) is 22.4 Å². The Morgan fingerprint density at radius 1 is 1.32 bits per heavy atom. The van der Waals surface area contributed by atoms with Crippen molar-refractivity contribution in [1.29, 1.82) is 5.26 Å². The molecule has 0 aromatic heterocycles. The van der Waals surface area contributed by atoms with E-state index in [2.05, 4.69) is 5.32 Å². The van der Waals surface area contributed by atoms with Gasteiger partial charge in [-0.05, 0) is 38.5 Å². The number of hydrogen-bond acceptors (Lipinski definition) is 3. The summed E-state index contributed by atoms with van der Waals surface area (Å²) in [5.74, 6) is 0. The van der Waals surface area contributed by atoms with Crippen LogP contribution in [0.2, 0.25) is 0 Å². The van der Waals surface area contributed by atoms with E-state index in [4.69, 9.17) is 5.26 Å². The van der Waals surface area contributed by atoms with E-state index < -0.39 is 17.3 Å². The van der Waals surface area contributed by atoms with Crippen LogP contribution in [0.4, 0.5) is 18.9 Å². The lowest BCUT2D eigenvalue weighted by Gasteiger charge is -2.18. The Balaban J connectivity index is 2.84. The second-order valence-corrected chi connectivity index (χ2v) is 4.86. The topological polar surface area (TPSA) is 56.0 Å². The van der Waals surface area contributed by atoms with Crippen molar-refractivity contribution in [3.63, 3.8) is 0 Å². The molecular weight excluding hydrogens is 257 g/mol. The van der Waals surface area contributed by atoms with Crippen molar-refractivity contribution in [2.24, 2.45) is 0 Å². The molecule has 1 aromatic carbocycles. The predicted octanol–water partition coefficient (Wildman–Crippen LogP) is 3.15. The van der Waals surface area contributed by atoms with Gasteiger partial charge in [0.15, 0.2) is 0 Å². The van der Waals surface area contributed by atoms with Gasteiger partial charge in [-0.3, -0.25) is 0 Å². The summed E-state index contributed by atoms with van der Waals surface area (Å²) in [5, 5.41) is 21.2. The second kappa shape index (κ2) is 5.49. The standard InChI is InChI=1S/C13H15F3N2O/c1-12(2,19)5-6-18-11-4-3-10(13(14,15)16)7-9(11)8-17/h3-4,7,18-19H,5-6H2,1-2H3. The van der Waals surface area contributed by atoms with E-state index in [-0.39, 0.29) is 5.56 Å². The Bertz CT molecular complexity index is 484. The van der Waals surface area contributed by atoms with Gasteiger partial charge in [0.2, 0.25) is 0 Å². The zero-order chi connectivity index (χ0) is 14.7. The first-order valence-corrected chi connectivity index (χ1v) is 5.71. The molecular formula is C13H15F3N2O. The molecule has 0 heterocycles. The molecule has 0 bridgehead atoms. The number of nitrogens with one attached hydrogen (secondary N) is 1. The van der Waals surface area contributed by atoms with Crippen LogP contribution in [0.5, 0.6) is 0 Å². The fourth-order valence-electron chi connectivity index (χ4n) is 1.47. The molecule has 3 nitrogen and oxygen atoms in total. The Kier molecular flexibility index (Phi) is 4.43. The smallest absolute Gasteiger partial charge is 0.390 e. The molecule has 19 heavy (non-hydrogen) atoms. The maximum absolute atomic E-state index is 12.5. The number of rotatable bonds is 4. The lowest BCUT2D eigenvalue weighted by Crippen LogP contribution is -2.22. The Hall–Kier alpha value is -1.74. The third-order valence-electron chi connectivity index (χ3n) is 2.52. The molecule has 0 unspecified atom stereocenters. The maximum atomic E-state index is 12.5. The third kappa shape index (κ3) is 4.79. The molecule has 0 radical (unpaired) electrons. The van der Waals surface area contributed by atoms with Crippen molar-refractivity contribution in [3.05, 3.63) is 29.3 Å². The molecule has 0 aliphatic carbocycles. The van der Waals surface area contributed by atoms with Crippen LogP contribution in [0.1, 0.15) is 31.4 Å². The van der Waals surface area contributed by atoms with Crippen LogP contribution < -0.4 is 5.32 Å². The van der Waals surface area contributed by atoms with Crippen molar-refractivity contribution in [2.45, 2.75) is 32.0 Å². The minimum Gasteiger partial charge on any atom is -0.390 e. The molecule has 0 aliphatic heterocycles. The van der Waals surface area contributed by atoms with E-state index in [9.17, 15) is 18.3 Å². The van der Waals surface area contributed by atoms with Gasteiger partial charge in [-0.1, -0.05) is 0 Å². The molecule has 0 spiro atoms. The Labute approximate surface area is 109 Å². The van der Waals surface area contributed by atoms with Crippen LogP contribution in [0.15, 0.2) is 18.2 Å². The van der Waals surface area contributed by atoms with Gasteiger partial charge in [0, 0.05) is 6.54 Å².